The molecule has 0 unspecified atom stereocenters. The maximum Gasteiger partial charge on any atom is 0.297 e. The van der Waals surface area contributed by atoms with Gasteiger partial charge in [-0.25, -0.2) is 0 Å². The third kappa shape index (κ3) is 1.70. The largest absolute Gasteiger partial charge is 0.297 e. The lowest BCUT2D eigenvalue weighted by Gasteiger charge is -1.94. The Hall–Kier alpha value is -0.800. The van der Waals surface area contributed by atoms with Crippen LogP contribution in [0.25, 0.3) is 11.3 Å². The molecule has 72 valence electrons. The summed E-state index contributed by atoms with van der Waals surface area (Å²) in [6, 6.07) is 10.5. The van der Waals surface area contributed by atoms with Crippen LogP contribution in [0.1, 0.15) is 0 Å². The lowest BCUT2D eigenvalue weighted by molar-refractivity contribution is -0.691. The number of hydrogen-bond acceptors (Lipinski definition) is 2. The molecular formula is C11H12NS2+. The van der Waals surface area contributed by atoms with E-state index in [2.05, 4.69) is 47.5 Å². The second-order valence-corrected chi connectivity index (χ2v) is 4.93. The first-order valence-corrected chi connectivity index (χ1v) is 6.50. The van der Waals surface area contributed by atoms with Crippen molar-refractivity contribution in [3.8, 4) is 11.3 Å². The Morgan fingerprint density at radius 2 is 1.93 bits per heavy atom. The summed E-state index contributed by atoms with van der Waals surface area (Å²) in [4.78, 5) is 0. The molecule has 1 heterocycles. The molecule has 2 aromatic rings. The SMILES string of the molecule is CSc1scc(-c2ccccc2)[n+]1C. The van der Waals surface area contributed by atoms with E-state index < -0.39 is 0 Å². The summed E-state index contributed by atoms with van der Waals surface area (Å²) in [5.41, 5.74) is 2.58. The highest BCUT2D eigenvalue weighted by atomic mass is 32.2. The van der Waals surface area contributed by atoms with Crippen molar-refractivity contribution < 1.29 is 4.57 Å². The second kappa shape index (κ2) is 4.15. The standard InChI is InChI=1S/C11H12NS2/c1-12-10(8-14-11(12)13-2)9-6-4-3-5-7-9/h3-8H,1-2H3/q+1. The third-order valence-electron chi connectivity index (χ3n) is 2.15. The number of rotatable bonds is 2. The Balaban J connectivity index is 2.48. The Kier molecular flexibility index (Phi) is 2.89. The third-order valence-corrected chi connectivity index (χ3v) is 4.38. The van der Waals surface area contributed by atoms with Gasteiger partial charge < -0.3 is 0 Å². The van der Waals surface area contributed by atoms with E-state index in [9.17, 15) is 0 Å². The first-order chi connectivity index (χ1) is 6.83. The molecule has 0 aliphatic carbocycles. The van der Waals surface area contributed by atoms with E-state index in [1.54, 1.807) is 23.1 Å². The minimum Gasteiger partial charge on any atom is -0.179 e. The second-order valence-electron chi connectivity index (χ2n) is 3.02. The van der Waals surface area contributed by atoms with Gasteiger partial charge in [0.25, 0.3) is 4.34 Å². The zero-order valence-corrected chi connectivity index (χ0v) is 9.86. The summed E-state index contributed by atoms with van der Waals surface area (Å²) in [5, 5.41) is 2.21. The summed E-state index contributed by atoms with van der Waals surface area (Å²) in [7, 11) is 2.12. The minimum absolute atomic E-state index is 1.28. The molecule has 0 fully saturated rings. The van der Waals surface area contributed by atoms with E-state index in [1.165, 1.54) is 15.6 Å². The molecule has 0 aliphatic rings. The maximum absolute atomic E-state index is 2.24. The van der Waals surface area contributed by atoms with Crippen molar-refractivity contribution in [1.82, 2.24) is 0 Å². The highest BCUT2D eigenvalue weighted by Gasteiger charge is 2.16. The summed E-state index contributed by atoms with van der Waals surface area (Å²) in [6.07, 6.45) is 2.11. The van der Waals surface area contributed by atoms with Crippen LogP contribution in [0.5, 0.6) is 0 Å². The Morgan fingerprint density at radius 1 is 1.21 bits per heavy atom. The number of hydrogen-bond donors (Lipinski definition) is 0. The fraction of sp³-hybridized carbons (Fsp3) is 0.182. The van der Waals surface area contributed by atoms with Crippen molar-refractivity contribution in [3.63, 3.8) is 0 Å². The van der Waals surface area contributed by atoms with Crippen molar-refractivity contribution in [1.29, 1.82) is 0 Å². The van der Waals surface area contributed by atoms with Crippen LogP contribution in [-0.4, -0.2) is 6.26 Å². The zero-order valence-electron chi connectivity index (χ0n) is 8.23. The molecule has 0 N–H and O–H groups in total. The van der Waals surface area contributed by atoms with Crippen LogP contribution in [0, 0.1) is 0 Å². The summed E-state index contributed by atoms with van der Waals surface area (Å²) in [5.74, 6) is 0. The topological polar surface area (TPSA) is 3.88 Å². The predicted molar refractivity (Wildman–Crippen MR) is 62.7 cm³/mol. The lowest BCUT2D eigenvalue weighted by Crippen LogP contribution is -2.30. The summed E-state index contributed by atoms with van der Waals surface area (Å²) >= 11 is 3.59. The van der Waals surface area contributed by atoms with E-state index in [4.69, 9.17) is 0 Å². The zero-order chi connectivity index (χ0) is 9.97. The van der Waals surface area contributed by atoms with E-state index in [0.29, 0.717) is 0 Å². The number of thiazole rings is 1. The fourth-order valence-electron chi connectivity index (χ4n) is 1.42. The highest BCUT2D eigenvalue weighted by molar-refractivity contribution is 8.00. The van der Waals surface area contributed by atoms with Gasteiger partial charge in [0.2, 0.25) is 5.69 Å². The van der Waals surface area contributed by atoms with Gasteiger partial charge in [-0.1, -0.05) is 29.5 Å². The van der Waals surface area contributed by atoms with E-state index in [1.807, 2.05) is 6.07 Å². The molecule has 0 saturated heterocycles. The molecule has 0 radical (unpaired) electrons. The van der Waals surface area contributed by atoms with Gasteiger partial charge in [-0.15, -0.1) is 0 Å². The molecule has 1 aromatic heterocycles. The molecule has 0 spiro atoms. The Bertz CT molecular complexity index is 420. The van der Waals surface area contributed by atoms with Crippen molar-refractivity contribution in [3.05, 3.63) is 35.7 Å². The van der Waals surface area contributed by atoms with Gasteiger partial charge in [-0.3, -0.25) is 0 Å². The van der Waals surface area contributed by atoms with Crippen LogP contribution < -0.4 is 4.57 Å². The molecule has 3 heteroatoms. The Morgan fingerprint density at radius 3 is 2.50 bits per heavy atom. The van der Waals surface area contributed by atoms with E-state index >= 15 is 0 Å². The summed E-state index contributed by atoms with van der Waals surface area (Å²) < 4.78 is 3.58. The average molecular weight is 222 g/mol. The van der Waals surface area contributed by atoms with Gasteiger partial charge in [0.15, 0.2) is 0 Å². The van der Waals surface area contributed by atoms with Crippen LogP contribution in [0.4, 0.5) is 0 Å². The number of benzene rings is 1. The number of thioether (sulfide) groups is 1. The molecule has 0 saturated carbocycles. The van der Waals surface area contributed by atoms with Crippen LogP contribution in [0.2, 0.25) is 0 Å². The smallest absolute Gasteiger partial charge is 0.179 e. The van der Waals surface area contributed by atoms with Crippen molar-refractivity contribution in [2.75, 3.05) is 6.26 Å². The Labute approximate surface area is 92.4 Å². The van der Waals surface area contributed by atoms with Gasteiger partial charge in [0.05, 0.1) is 5.38 Å². The van der Waals surface area contributed by atoms with Crippen LogP contribution in [-0.2, 0) is 7.05 Å². The normalized spacial score (nSPS) is 10.4. The van der Waals surface area contributed by atoms with Crippen LogP contribution in [0.15, 0.2) is 40.1 Å². The number of nitrogens with zero attached hydrogens (tertiary/aromatic N) is 1. The van der Waals surface area contributed by atoms with Gasteiger partial charge in [0.1, 0.15) is 7.05 Å². The highest BCUT2D eigenvalue weighted by Crippen LogP contribution is 2.23. The fourth-order valence-corrected chi connectivity index (χ4v) is 3.08. The van der Waals surface area contributed by atoms with Gasteiger partial charge in [-0.2, -0.15) is 4.57 Å². The predicted octanol–water partition coefficient (Wildman–Crippen LogP) is 2.96. The van der Waals surface area contributed by atoms with Crippen molar-refractivity contribution >= 4 is 23.1 Å². The molecule has 0 atom stereocenters. The van der Waals surface area contributed by atoms with Crippen molar-refractivity contribution in [2.45, 2.75) is 4.34 Å². The van der Waals surface area contributed by atoms with Gasteiger partial charge in [0, 0.05) is 5.56 Å². The maximum atomic E-state index is 2.24. The quantitative estimate of drug-likeness (QED) is 0.558. The molecule has 1 nitrogen and oxygen atoms in total. The van der Waals surface area contributed by atoms with Crippen LogP contribution in [0.3, 0.4) is 0 Å². The molecule has 0 aliphatic heterocycles. The molecule has 2 rings (SSSR count). The van der Waals surface area contributed by atoms with Crippen molar-refractivity contribution in [2.24, 2.45) is 7.05 Å². The lowest BCUT2D eigenvalue weighted by atomic mass is 10.2. The average Bonchev–Trinajstić information content (AvgIpc) is 2.61. The molecule has 0 bridgehead atoms. The molecule has 1 aromatic carbocycles. The molecular weight excluding hydrogens is 210 g/mol. The van der Waals surface area contributed by atoms with E-state index in [0.717, 1.165) is 0 Å². The monoisotopic (exact) mass is 222 g/mol. The summed E-state index contributed by atoms with van der Waals surface area (Å²) in [6.45, 7) is 0. The molecule has 0 amide bonds. The van der Waals surface area contributed by atoms with Crippen LogP contribution >= 0.6 is 23.1 Å². The number of aromatic nitrogens is 1. The first kappa shape index (κ1) is 9.74. The minimum atomic E-state index is 1.28. The van der Waals surface area contributed by atoms with E-state index in [-0.39, 0.29) is 0 Å². The molecule has 14 heavy (non-hydrogen) atoms. The first-order valence-electron chi connectivity index (χ1n) is 4.40. The van der Waals surface area contributed by atoms with Gasteiger partial charge >= 0.3 is 0 Å². The van der Waals surface area contributed by atoms with Gasteiger partial charge in [-0.05, 0) is 30.2 Å².